The summed E-state index contributed by atoms with van der Waals surface area (Å²) in [4.78, 5) is 28.5. The molecule has 2 fully saturated rings. The molecule has 0 aromatic heterocycles. The fourth-order valence-electron chi connectivity index (χ4n) is 3.88. The van der Waals surface area contributed by atoms with Gasteiger partial charge < -0.3 is 20.3 Å². The lowest BCUT2D eigenvalue weighted by Crippen LogP contribution is -2.58. The number of carbonyl (C=O) groups excluding carboxylic acids is 2. The molecular formula is C20H30N4O3. The van der Waals surface area contributed by atoms with Crippen molar-refractivity contribution < 1.29 is 14.3 Å². The highest BCUT2D eigenvalue weighted by molar-refractivity contribution is 5.76. The molecule has 2 aliphatic rings. The molecule has 27 heavy (non-hydrogen) atoms. The Labute approximate surface area is 161 Å². The van der Waals surface area contributed by atoms with Crippen LogP contribution in [0.3, 0.4) is 0 Å². The molecule has 2 saturated heterocycles. The normalized spacial score (nSPS) is 20.1. The lowest BCUT2D eigenvalue weighted by atomic mass is 9.81. The Morgan fingerprint density at radius 3 is 2.41 bits per heavy atom. The van der Waals surface area contributed by atoms with Crippen LogP contribution >= 0.6 is 0 Å². The number of nitrogens with zero attached hydrogens (tertiary/aromatic N) is 2. The number of rotatable bonds is 5. The van der Waals surface area contributed by atoms with Crippen LogP contribution in [0.4, 0.5) is 4.79 Å². The van der Waals surface area contributed by atoms with E-state index in [1.807, 2.05) is 34.9 Å². The van der Waals surface area contributed by atoms with Gasteiger partial charge in [-0.3, -0.25) is 9.69 Å². The quantitative estimate of drug-likeness (QED) is 0.757. The van der Waals surface area contributed by atoms with Crippen LogP contribution in [0.2, 0.25) is 0 Å². The van der Waals surface area contributed by atoms with Gasteiger partial charge in [-0.15, -0.1) is 0 Å². The van der Waals surface area contributed by atoms with Crippen molar-refractivity contribution in [2.75, 3.05) is 52.4 Å². The largest absolute Gasteiger partial charge is 0.465 e. The first-order valence-corrected chi connectivity index (χ1v) is 9.84. The number of piperidine rings is 1. The van der Waals surface area contributed by atoms with Gasteiger partial charge in [0.05, 0.1) is 18.7 Å². The van der Waals surface area contributed by atoms with Gasteiger partial charge in [0.25, 0.3) is 0 Å². The Hall–Kier alpha value is -2.12. The Bertz CT molecular complexity index is 623. The van der Waals surface area contributed by atoms with Crippen molar-refractivity contribution in [1.82, 2.24) is 20.4 Å². The molecule has 0 saturated carbocycles. The van der Waals surface area contributed by atoms with Gasteiger partial charge in [0.2, 0.25) is 0 Å². The first kappa shape index (κ1) is 19.6. The Kier molecular flexibility index (Phi) is 6.68. The van der Waals surface area contributed by atoms with Gasteiger partial charge in [-0.1, -0.05) is 30.3 Å². The smallest absolute Gasteiger partial charge is 0.320 e. The first-order chi connectivity index (χ1) is 13.1. The highest BCUT2D eigenvalue weighted by Crippen LogP contribution is 2.30. The number of ether oxygens (including phenoxy) is 1. The van der Waals surface area contributed by atoms with Gasteiger partial charge in [0, 0.05) is 26.2 Å². The topological polar surface area (TPSA) is 73.9 Å². The second-order valence-corrected chi connectivity index (χ2v) is 7.20. The standard InChI is InChI=1S/C20H30N4O3/c1-2-27-18(25)16-23-12-14-24(15-13-23)19(26)22-20(8-10-21-11-9-20)17-6-4-3-5-7-17/h3-7,21H,2,8-16H2,1H3,(H,22,26). The SMILES string of the molecule is CCOC(=O)CN1CCN(C(=O)NC2(c3ccccc3)CCNCC2)CC1. The average molecular weight is 374 g/mol. The Morgan fingerprint density at radius 2 is 1.78 bits per heavy atom. The number of benzene rings is 1. The summed E-state index contributed by atoms with van der Waals surface area (Å²) in [6, 6.07) is 10.2. The molecule has 148 valence electrons. The molecule has 2 amide bonds. The Morgan fingerprint density at radius 1 is 1.11 bits per heavy atom. The van der Waals surface area contributed by atoms with Gasteiger partial charge >= 0.3 is 12.0 Å². The van der Waals surface area contributed by atoms with Crippen LogP contribution in [0.5, 0.6) is 0 Å². The summed E-state index contributed by atoms with van der Waals surface area (Å²) in [5.41, 5.74) is 0.854. The summed E-state index contributed by atoms with van der Waals surface area (Å²) in [5, 5.41) is 6.71. The summed E-state index contributed by atoms with van der Waals surface area (Å²) >= 11 is 0. The van der Waals surface area contributed by atoms with Crippen molar-refractivity contribution in [3.8, 4) is 0 Å². The van der Waals surface area contributed by atoms with Crippen LogP contribution in [-0.2, 0) is 15.1 Å². The zero-order chi connectivity index (χ0) is 19.1. The average Bonchev–Trinajstić information content (AvgIpc) is 2.70. The van der Waals surface area contributed by atoms with E-state index in [-0.39, 0.29) is 17.5 Å². The van der Waals surface area contributed by atoms with E-state index < -0.39 is 0 Å². The minimum absolute atomic E-state index is 0.0171. The minimum atomic E-state index is -0.314. The number of amides is 2. The predicted octanol–water partition coefficient (Wildman–Crippen LogP) is 1.16. The van der Waals surface area contributed by atoms with Crippen LogP contribution in [0.15, 0.2) is 30.3 Å². The van der Waals surface area contributed by atoms with Crippen molar-refractivity contribution in [2.45, 2.75) is 25.3 Å². The lowest BCUT2D eigenvalue weighted by Gasteiger charge is -2.42. The van der Waals surface area contributed by atoms with E-state index in [4.69, 9.17) is 4.74 Å². The van der Waals surface area contributed by atoms with Crippen molar-refractivity contribution >= 4 is 12.0 Å². The van der Waals surface area contributed by atoms with Gasteiger partial charge in [-0.25, -0.2) is 4.79 Å². The van der Waals surface area contributed by atoms with E-state index in [0.29, 0.717) is 39.3 Å². The minimum Gasteiger partial charge on any atom is -0.465 e. The number of carbonyl (C=O) groups is 2. The molecule has 0 radical (unpaired) electrons. The molecular weight excluding hydrogens is 344 g/mol. The number of nitrogens with one attached hydrogen (secondary N) is 2. The summed E-state index contributed by atoms with van der Waals surface area (Å²) in [6.45, 7) is 6.90. The molecule has 7 heteroatoms. The van der Waals surface area contributed by atoms with E-state index in [1.165, 1.54) is 5.56 Å². The lowest BCUT2D eigenvalue weighted by molar-refractivity contribution is -0.144. The summed E-state index contributed by atoms with van der Waals surface area (Å²) in [7, 11) is 0. The molecule has 3 rings (SSSR count). The molecule has 0 aliphatic carbocycles. The van der Waals surface area contributed by atoms with Crippen molar-refractivity contribution in [2.24, 2.45) is 0 Å². The second-order valence-electron chi connectivity index (χ2n) is 7.20. The molecule has 0 bridgehead atoms. The molecule has 7 nitrogen and oxygen atoms in total. The van der Waals surface area contributed by atoms with Gasteiger partial charge in [0.1, 0.15) is 0 Å². The van der Waals surface area contributed by atoms with Crippen molar-refractivity contribution in [3.05, 3.63) is 35.9 Å². The highest BCUT2D eigenvalue weighted by atomic mass is 16.5. The number of piperazine rings is 1. The third-order valence-corrected chi connectivity index (χ3v) is 5.45. The van der Waals surface area contributed by atoms with Crippen LogP contribution in [0, 0.1) is 0 Å². The van der Waals surface area contributed by atoms with Crippen LogP contribution in [0.1, 0.15) is 25.3 Å². The van der Waals surface area contributed by atoms with Gasteiger partial charge in [-0.05, 0) is 38.4 Å². The van der Waals surface area contributed by atoms with E-state index in [9.17, 15) is 9.59 Å². The third kappa shape index (κ3) is 4.99. The van der Waals surface area contributed by atoms with Crippen molar-refractivity contribution in [3.63, 3.8) is 0 Å². The molecule has 2 aliphatic heterocycles. The summed E-state index contributed by atoms with van der Waals surface area (Å²) in [5.74, 6) is -0.201. The second kappa shape index (κ2) is 9.19. The molecule has 0 unspecified atom stereocenters. The monoisotopic (exact) mass is 374 g/mol. The maximum absolute atomic E-state index is 13.0. The van der Waals surface area contributed by atoms with Gasteiger partial charge in [0.15, 0.2) is 0 Å². The third-order valence-electron chi connectivity index (χ3n) is 5.45. The molecule has 1 aromatic carbocycles. The maximum atomic E-state index is 13.0. The molecule has 0 spiro atoms. The molecule has 2 heterocycles. The van der Waals surface area contributed by atoms with Gasteiger partial charge in [-0.2, -0.15) is 0 Å². The number of urea groups is 1. The summed E-state index contributed by atoms with van der Waals surface area (Å²) < 4.78 is 5.00. The molecule has 1 aromatic rings. The number of hydrogen-bond donors (Lipinski definition) is 2. The Balaban J connectivity index is 1.58. The van der Waals surface area contributed by atoms with Crippen LogP contribution in [-0.4, -0.2) is 74.2 Å². The van der Waals surface area contributed by atoms with E-state index in [2.05, 4.69) is 22.8 Å². The fraction of sp³-hybridized carbons (Fsp3) is 0.600. The summed E-state index contributed by atoms with van der Waals surface area (Å²) in [6.07, 6.45) is 1.76. The predicted molar refractivity (Wildman–Crippen MR) is 103 cm³/mol. The van der Waals surface area contributed by atoms with E-state index in [1.54, 1.807) is 0 Å². The highest BCUT2D eigenvalue weighted by Gasteiger charge is 2.37. The van der Waals surface area contributed by atoms with Crippen LogP contribution in [0.25, 0.3) is 0 Å². The number of esters is 1. The van der Waals surface area contributed by atoms with E-state index >= 15 is 0 Å². The number of hydrogen-bond acceptors (Lipinski definition) is 5. The molecule has 2 N–H and O–H groups in total. The first-order valence-electron chi connectivity index (χ1n) is 9.84. The zero-order valence-electron chi connectivity index (χ0n) is 16.1. The zero-order valence-corrected chi connectivity index (χ0v) is 16.1. The van der Waals surface area contributed by atoms with Crippen LogP contribution < -0.4 is 10.6 Å². The van der Waals surface area contributed by atoms with E-state index in [0.717, 1.165) is 25.9 Å². The van der Waals surface area contributed by atoms with Crippen molar-refractivity contribution in [1.29, 1.82) is 0 Å². The molecule has 0 atom stereocenters. The maximum Gasteiger partial charge on any atom is 0.320 e. The fourth-order valence-corrected chi connectivity index (χ4v) is 3.88.